The van der Waals surface area contributed by atoms with Crippen LogP contribution in [0.25, 0.3) is 6.08 Å². The zero-order chi connectivity index (χ0) is 15.0. The summed E-state index contributed by atoms with van der Waals surface area (Å²) in [5.74, 6) is 0. The predicted octanol–water partition coefficient (Wildman–Crippen LogP) is 1.65. The van der Waals surface area contributed by atoms with E-state index in [2.05, 4.69) is 44.2 Å². The summed E-state index contributed by atoms with van der Waals surface area (Å²) in [5.41, 5.74) is 1.45. The van der Waals surface area contributed by atoms with Gasteiger partial charge in [0.1, 0.15) is 0 Å². The molecule has 1 fully saturated rings. The minimum absolute atomic E-state index is 0.322. The molecular formula is C14H24BN3O2. The first-order valence-electron chi connectivity index (χ1n) is 6.95. The fourth-order valence-corrected chi connectivity index (χ4v) is 2.12. The van der Waals surface area contributed by atoms with Gasteiger partial charge in [-0.1, -0.05) is 0 Å². The van der Waals surface area contributed by atoms with E-state index in [9.17, 15) is 0 Å². The highest BCUT2D eigenvalue weighted by molar-refractivity contribution is 6.55. The second-order valence-corrected chi connectivity index (χ2v) is 6.22. The lowest BCUT2D eigenvalue weighted by molar-refractivity contribution is 0.00578. The maximum Gasteiger partial charge on any atom is 0.491 e. The van der Waals surface area contributed by atoms with E-state index < -0.39 is 0 Å². The van der Waals surface area contributed by atoms with Crippen LogP contribution in [0, 0.1) is 0 Å². The van der Waals surface area contributed by atoms with Crippen LogP contribution in [0.5, 0.6) is 0 Å². The van der Waals surface area contributed by atoms with E-state index in [1.165, 1.54) is 0 Å². The topological polar surface area (TPSA) is 48.3 Å². The first kappa shape index (κ1) is 15.3. The molecule has 0 amide bonds. The zero-order valence-electron chi connectivity index (χ0n) is 13.2. The zero-order valence-corrected chi connectivity index (χ0v) is 13.2. The SMILES string of the molecule is CNCC(=Cc1ccnn1C)B1OC(C)(C)C(C)(C)O1. The van der Waals surface area contributed by atoms with Crippen LogP contribution in [-0.4, -0.2) is 41.7 Å². The van der Waals surface area contributed by atoms with Gasteiger partial charge in [0.25, 0.3) is 0 Å². The summed E-state index contributed by atoms with van der Waals surface area (Å²) in [6.45, 7) is 8.96. The standard InChI is InChI=1S/C14H24BN3O2/c1-13(2)14(3,4)20-15(19-13)11(10-16-5)9-12-7-8-17-18(12)6/h7-9,16H,10H2,1-6H3. The van der Waals surface area contributed by atoms with Gasteiger partial charge in [-0.05, 0) is 52.4 Å². The van der Waals surface area contributed by atoms with Crippen LogP contribution in [0.15, 0.2) is 17.7 Å². The Bertz CT molecular complexity index is 492. The highest BCUT2D eigenvalue weighted by Crippen LogP contribution is 2.38. The number of hydrogen-bond acceptors (Lipinski definition) is 4. The van der Waals surface area contributed by atoms with E-state index in [4.69, 9.17) is 9.31 Å². The van der Waals surface area contributed by atoms with E-state index in [0.717, 1.165) is 11.2 Å². The van der Waals surface area contributed by atoms with Crippen LogP contribution < -0.4 is 5.32 Å². The van der Waals surface area contributed by atoms with Crippen molar-refractivity contribution in [3.05, 3.63) is 23.4 Å². The predicted molar refractivity (Wildman–Crippen MR) is 81.2 cm³/mol. The van der Waals surface area contributed by atoms with Crippen molar-refractivity contribution in [2.24, 2.45) is 7.05 Å². The molecule has 0 aliphatic carbocycles. The van der Waals surface area contributed by atoms with Gasteiger partial charge >= 0.3 is 7.12 Å². The summed E-state index contributed by atoms with van der Waals surface area (Å²) in [4.78, 5) is 0. The third kappa shape index (κ3) is 2.82. The van der Waals surface area contributed by atoms with Gasteiger partial charge in [0, 0.05) is 19.8 Å². The Morgan fingerprint density at radius 3 is 2.40 bits per heavy atom. The molecule has 1 aromatic heterocycles. The molecule has 2 heterocycles. The molecule has 0 atom stereocenters. The first-order valence-corrected chi connectivity index (χ1v) is 6.95. The van der Waals surface area contributed by atoms with Gasteiger partial charge < -0.3 is 14.6 Å². The van der Waals surface area contributed by atoms with E-state index in [0.29, 0.717) is 6.54 Å². The molecule has 0 radical (unpaired) electrons. The largest absolute Gasteiger partial charge is 0.491 e. The molecule has 0 bridgehead atoms. The highest BCUT2D eigenvalue weighted by Gasteiger charge is 2.52. The summed E-state index contributed by atoms with van der Waals surface area (Å²) in [6.07, 6.45) is 3.86. The number of hydrogen-bond donors (Lipinski definition) is 1. The van der Waals surface area contributed by atoms with Crippen LogP contribution in [0.4, 0.5) is 0 Å². The monoisotopic (exact) mass is 277 g/mol. The van der Waals surface area contributed by atoms with Gasteiger partial charge in [0.05, 0.1) is 16.9 Å². The maximum atomic E-state index is 6.11. The normalized spacial score (nSPS) is 21.5. The summed E-state index contributed by atoms with van der Waals surface area (Å²) < 4.78 is 14.0. The van der Waals surface area contributed by atoms with Crippen molar-refractivity contribution in [2.45, 2.75) is 38.9 Å². The molecular weight excluding hydrogens is 253 g/mol. The van der Waals surface area contributed by atoms with Gasteiger partial charge in [-0.15, -0.1) is 0 Å². The molecule has 5 nitrogen and oxygen atoms in total. The molecule has 0 spiro atoms. The molecule has 2 rings (SSSR count). The quantitative estimate of drug-likeness (QED) is 0.850. The number of rotatable bonds is 4. The van der Waals surface area contributed by atoms with Gasteiger partial charge in [-0.3, -0.25) is 4.68 Å². The Morgan fingerprint density at radius 2 is 1.95 bits per heavy atom. The molecule has 1 N–H and O–H groups in total. The molecule has 1 aromatic rings. The van der Waals surface area contributed by atoms with Crippen molar-refractivity contribution in [1.29, 1.82) is 0 Å². The average Bonchev–Trinajstić information content (AvgIpc) is 2.81. The number of nitrogens with zero attached hydrogens (tertiary/aromatic N) is 2. The maximum absolute atomic E-state index is 6.11. The summed E-state index contributed by atoms with van der Waals surface area (Å²) in [7, 11) is 3.51. The number of aromatic nitrogens is 2. The van der Waals surface area contributed by atoms with E-state index >= 15 is 0 Å². The van der Waals surface area contributed by atoms with E-state index in [1.54, 1.807) is 6.20 Å². The fraction of sp³-hybridized carbons (Fsp3) is 0.643. The van der Waals surface area contributed by atoms with Crippen molar-refractivity contribution in [1.82, 2.24) is 15.1 Å². The average molecular weight is 277 g/mol. The first-order chi connectivity index (χ1) is 9.27. The second kappa shape index (κ2) is 5.35. The lowest BCUT2D eigenvalue weighted by Gasteiger charge is -2.32. The third-order valence-corrected chi connectivity index (χ3v) is 4.13. The second-order valence-electron chi connectivity index (χ2n) is 6.22. The molecule has 0 aromatic carbocycles. The Hall–Kier alpha value is -1.11. The Balaban J connectivity index is 2.27. The Labute approximate surface area is 121 Å². The molecule has 110 valence electrons. The van der Waals surface area contributed by atoms with Gasteiger partial charge in [-0.25, -0.2) is 0 Å². The molecule has 0 saturated carbocycles. The van der Waals surface area contributed by atoms with E-state index in [-0.39, 0.29) is 18.3 Å². The number of likely N-dealkylation sites (N-methyl/N-ethyl adjacent to an activating group) is 1. The smallest absolute Gasteiger partial charge is 0.400 e. The van der Waals surface area contributed by atoms with Crippen LogP contribution >= 0.6 is 0 Å². The molecule has 20 heavy (non-hydrogen) atoms. The Kier molecular flexibility index (Phi) is 4.09. The van der Waals surface area contributed by atoms with Crippen molar-refractivity contribution >= 4 is 13.2 Å². The molecule has 6 heteroatoms. The molecule has 1 saturated heterocycles. The van der Waals surface area contributed by atoms with Crippen molar-refractivity contribution in [2.75, 3.05) is 13.6 Å². The van der Waals surface area contributed by atoms with Crippen LogP contribution in [0.1, 0.15) is 33.4 Å². The Morgan fingerprint density at radius 1 is 1.35 bits per heavy atom. The molecule has 1 aliphatic heterocycles. The third-order valence-electron chi connectivity index (χ3n) is 4.13. The van der Waals surface area contributed by atoms with Crippen LogP contribution in [0.3, 0.4) is 0 Å². The number of aryl methyl sites for hydroxylation is 1. The van der Waals surface area contributed by atoms with E-state index in [1.807, 2.05) is 24.8 Å². The molecule has 0 unspecified atom stereocenters. The van der Waals surface area contributed by atoms with Crippen LogP contribution in [0.2, 0.25) is 0 Å². The lowest BCUT2D eigenvalue weighted by Crippen LogP contribution is -2.41. The number of nitrogens with one attached hydrogen (secondary N) is 1. The van der Waals surface area contributed by atoms with Crippen LogP contribution in [-0.2, 0) is 16.4 Å². The van der Waals surface area contributed by atoms with Gasteiger partial charge in [-0.2, -0.15) is 5.10 Å². The summed E-state index contributed by atoms with van der Waals surface area (Å²) >= 11 is 0. The van der Waals surface area contributed by atoms with Gasteiger partial charge in [0.15, 0.2) is 0 Å². The summed E-state index contributed by atoms with van der Waals surface area (Å²) in [5, 5.41) is 7.36. The minimum atomic E-state index is -0.331. The van der Waals surface area contributed by atoms with Gasteiger partial charge in [0.2, 0.25) is 0 Å². The lowest BCUT2D eigenvalue weighted by atomic mass is 9.77. The summed E-state index contributed by atoms with van der Waals surface area (Å²) in [6, 6.07) is 1.97. The fourth-order valence-electron chi connectivity index (χ4n) is 2.12. The van der Waals surface area contributed by atoms with Crippen molar-refractivity contribution < 1.29 is 9.31 Å². The highest BCUT2D eigenvalue weighted by atomic mass is 16.7. The van der Waals surface area contributed by atoms with Crippen molar-refractivity contribution in [3.8, 4) is 0 Å². The minimum Gasteiger partial charge on any atom is -0.400 e. The molecule has 1 aliphatic rings. The van der Waals surface area contributed by atoms with Crippen molar-refractivity contribution in [3.63, 3.8) is 0 Å².